The van der Waals surface area contributed by atoms with Crippen molar-refractivity contribution in [3.8, 4) is 0 Å². The van der Waals surface area contributed by atoms with Crippen molar-refractivity contribution >= 4 is 35.9 Å². The zero-order valence-electron chi connectivity index (χ0n) is 14.3. The first-order valence-electron chi connectivity index (χ1n) is 7.99. The Kier molecular flexibility index (Phi) is 5.26. The summed E-state index contributed by atoms with van der Waals surface area (Å²) in [4.78, 5) is 42.2. The largest absolute Gasteiger partial charge is 0.478 e. The van der Waals surface area contributed by atoms with E-state index in [-0.39, 0.29) is 22.6 Å². The van der Waals surface area contributed by atoms with Crippen molar-refractivity contribution in [3.05, 3.63) is 81.1 Å². The highest BCUT2D eigenvalue weighted by molar-refractivity contribution is 5.93. The van der Waals surface area contributed by atoms with Crippen molar-refractivity contribution in [1.29, 1.82) is 0 Å². The second-order valence-electron chi connectivity index (χ2n) is 5.65. The van der Waals surface area contributed by atoms with Crippen LogP contribution in [0.1, 0.15) is 31.8 Å². The molecule has 0 fully saturated rings. The maximum absolute atomic E-state index is 11.9. The van der Waals surface area contributed by atoms with Crippen molar-refractivity contribution in [3.63, 3.8) is 0 Å². The molecular formula is C19H14N4O5. The van der Waals surface area contributed by atoms with E-state index in [1.54, 1.807) is 24.3 Å². The minimum absolute atomic E-state index is 0.00590. The zero-order chi connectivity index (χ0) is 20.1. The topological polar surface area (TPSA) is 148 Å². The van der Waals surface area contributed by atoms with E-state index in [1.165, 1.54) is 36.7 Å². The van der Waals surface area contributed by atoms with Crippen LogP contribution in [0.25, 0.3) is 0 Å². The number of aromatic nitrogens is 2. The lowest BCUT2D eigenvalue weighted by molar-refractivity contribution is 0.0686. The van der Waals surface area contributed by atoms with Gasteiger partial charge in [-0.15, -0.1) is 0 Å². The van der Waals surface area contributed by atoms with E-state index in [0.717, 1.165) is 0 Å². The fourth-order valence-electron chi connectivity index (χ4n) is 2.34. The summed E-state index contributed by atoms with van der Waals surface area (Å²) in [6.07, 6.45) is 2.75. The van der Waals surface area contributed by atoms with Gasteiger partial charge in [-0.05, 0) is 35.4 Å². The van der Waals surface area contributed by atoms with Gasteiger partial charge in [0, 0.05) is 12.4 Å². The number of carboxylic acids is 2. The molecule has 2 aromatic carbocycles. The molecule has 0 bridgehead atoms. The third-order valence-corrected chi connectivity index (χ3v) is 3.69. The van der Waals surface area contributed by atoms with Crippen LogP contribution in [0.4, 0.5) is 11.5 Å². The summed E-state index contributed by atoms with van der Waals surface area (Å²) in [5.74, 6) is -1.97. The lowest BCUT2D eigenvalue weighted by atomic mass is 10.1. The molecule has 3 rings (SSSR count). The molecule has 0 radical (unpaired) electrons. The van der Waals surface area contributed by atoms with Gasteiger partial charge in [0.15, 0.2) is 11.5 Å². The van der Waals surface area contributed by atoms with Gasteiger partial charge in [-0.1, -0.05) is 24.3 Å². The molecule has 28 heavy (non-hydrogen) atoms. The molecule has 4 N–H and O–H groups in total. The zero-order valence-corrected chi connectivity index (χ0v) is 14.3. The van der Waals surface area contributed by atoms with Gasteiger partial charge in [0.25, 0.3) is 5.56 Å². The Balaban J connectivity index is 1.87. The number of aromatic carboxylic acids is 2. The number of carboxylic acid groups (broad SMARTS) is 2. The van der Waals surface area contributed by atoms with Gasteiger partial charge >= 0.3 is 11.9 Å². The Labute approximate surface area is 157 Å². The van der Waals surface area contributed by atoms with E-state index in [1.807, 2.05) is 0 Å². The standard InChI is InChI=1S/C19H14N4O5/c24-17-15(20-9-11-3-1-5-13(7-11)18(25)26)16(22-23-17)21-10-12-4-2-6-14(8-12)19(27)28/h1-10H,(H,25,26)(H,27,28)(H2,22,23,24)/b20-9?,21-10+. The average Bonchev–Trinajstić information content (AvgIpc) is 3.04. The minimum atomic E-state index is -1.07. The summed E-state index contributed by atoms with van der Waals surface area (Å²) >= 11 is 0. The Bertz CT molecular complexity index is 1160. The summed E-state index contributed by atoms with van der Waals surface area (Å²) in [6, 6.07) is 12.2. The van der Waals surface area contributed by atoms with Gasteiger partial charge in [0.05, 0.1) is 11.1 Å². The lowest BCUT2D eigenvalue weighted by Crippen LogP contribution is -1.98. The quantitative estimate of drug-likeness (QED) is 0.487. The van der Waals surface area contributed by atoms with Crippen LogP contribution in [-0.2, 0) is 0 Å². The fourth-order valence-corrected chi connectivity index (χ4v) is 2.34. The Morgan fingerprint density at radius 2 is 1.36 bits per heavy atom. The number of benzene rings is 2. The Morgan fingerprint density at radius 3 is 1.89 bits per heavy atom. The molecule has 3 aromatic rings. The van der Waals surface area contributed by atoms with Crippen LogP contribution in [0.2, 0.25) is 0 Å². The Hall–Kier alpha value is -4.27. The lowest BCUT2D eigenvalue weighted by Gasteiger charge is -1.97. The SMILES string of the molecule is O=C(O)c1cccc(C=Nc2c(/N=C/c3cccc(C(=O)O)c3)[nH][nH]c2=O)c1. The molecular weight excluding hydrogens is 364 g/mol. The van der Waals surface area contributed by atoms with Crippen LogP contribution >= 0.6 is 0 Å². The van der Waals surface area contributed by atoms with E-state index < -0.39 is 17.5 Å². The first-order chi connectivity index (χ1) is 13.4. The molecule has 0 saturated carbocycles. The van der Waals surface area contributed by atoms with E-state index >= 15 is 0 Å². The third-order valence-electron chi connectivity index (χ3n) is 3.69. The molecule has 0 amide bonds. The predicted molar refractivity (Wildman–Crippen MR) is 103 cm³/mol. The number of H-pyrrole nitrogens is 2. The van der Waals surface area contributed by atoms with E-state index in [4.69, 9.17) is 10.2 Å². The second-order valence-corrected chi connectivity index (χ2v) is 5.65. The maximum atomic E-state index is 11.9. The summed E-state index contributed by atoms with van der Waals surface area (Å²) in [7, 11) is 0. The minimum Gasteiger partial charge on any atom is -0.478 e. The number of hydrogen-bond acceptors (Lipinski definition) is 5. The molecule has 140 valence electrons. The number of hydrogen-bond donors (Lipinski definition) is 4. The number of nitrogens with zero attached hydrogens (tertiary/aromatic N) is 2. The Morgan fingerprint density at radius 1 is 0.821 bits per heavy atom. The highest BCUT2D eigenvalue weighted by Gasteiger charge is 2.08. The van der Waals surface area contributed by atoms with Gasteiger partial charge in [0.2, 0.25) is 0 Å². The van der Waals surface area contributed by atoms with Crippen molar-refractivity contribution in [2.45, 2.75) is 0 Å². The van der Waals surface area contributed by atoms with Crippen molar-refractivity contribution in [1.82, 2.24) is 10.2 Å². The molecule has 9 heteroatoms. The first-order valence-corrected chi connectivity index (χ1v) is 7.99. The fraction of sp³-hybridized carbons (Fsp3) is 0. The van der Waals surface area contributed by atoms with E-state index in [2.05, 4.69) is 20.2 Å². The highest BCUT2D eigenvalue weighted by atomic mass is 16.4. The predicted octanol–water partition coefficient (Wildman–Crippen LogP) is 2.60. The second kappa shape index (κ2) is 7.96. The van der Waals surface area contributed by atoms with Crippen LogP contribution in [-0.4, -0.2) is 44.8 Å². The van der Waals surface area contributed by atoms with E-state index in [9.17, 15) is 14.4 Å². The highest BCUT2D eigenvalue weighted by Crippen LogP contribution is 2.20. The van der Waals surface area contributed by atoms with Gasteiger partial charge < -0.3 is 10.2 Å². The van der Waals surface area contributed by atoms with Crippen LogP contribution < -0.4 is 5.56 Å². The number of carbonyl (C=O) groups is 2. The first kappa shape index (κ1) is 18.5. The van der Waals surface area contributed by atoms with Crippen LogP contribution in [0.5, 0.6) is 0 Å². The molecule has 1 heterocycles. The number of rotatable bonds is 6. The smallest absolute Gasteiger partial charge is 0.335 e. The summed E-state index contributed by atoms with van der Waals surface area (Å²) in [5, 5.41) is 23.0. The summed E-state index contributed by atoms with van der Waals surface area (Å²) < 4.78 is 0. The average molecular weight is 378 g/mol. The van der Waals surface area contributed by atoms with Gasteiger partial charge in [-0.2, -0.15) is 0 Å². The van der Waals surface area contributed by atoms with Crippen molar-refractivity contribution in [2.75, 3.05) is 0 Å². The molecule has 9 nitrogen and oxygen atoms in total. The van der Waals surface area contributed by atoms with Gasteiger partial charge in [0.1, 0.15) is 0 Å². The van der Waals surface area contributed by atoms with Crippen molar-refractivity contribution in [2.24, 2.45) is 9.98 Å². The molecule has 0 atom stereocenters. The van der Waals surface area contributed by atoms with Gasteiger partial charge in [-0.3, -0.25) is 15.0 Å². The molecule has 0 aliphatic heterocycles. The van der Waals surface area contributed by atoms with Gasteiger partial charge in [-0.25, -0.2) is 19.6 Å². The molecule has 0 spiro atoms. The summed E-state index contributed by atoms with van der Waals surface area (Å²) in [6.45, 7) is 0. The molecule has 1 aromatic heterocycles. The molecule has 0 aliphatic rings. The molecule has 0 aliphatic carbocycles. The van der Waals surface area contributed by atoms with Crippen molar-refractivity contribution < 1.29 is 19.8 Å². The summed E-state index contributed by atoms with van der Waals surface area (Å²) in [5.41, 5.74) is 0.755. The maximum Gasteiger partial charge on any atom is 0.335 e. The number of nitrogens with one attached hydrogen (secondary N) is 2. The van der Waals surface area contributed by atoms with E-state index in [0.29, 0.717) is 11.1 Å². The molecule has 0 saturated heterocycles. The number of aromatic amines is 2. The monoisotopic (exact) mass is 378 g/mol. The third kappa shape index (κ3) is 4.28. The molecule has 0 unspecified atom stereocenters. The van der Waals surface area contributed by atoms with Crippen LogP contribution in [0, 0.1) is 0 Å². The van der Waals surface area contributed by atoms with Crippen LogP contribution in [0.3, 0.4) is 0 Å². The number of aliphatic imine (C=N–C) groups is 2. The van der Waals surface area contributed by atoms with Crippen LogP contribution in [0.15, 0.2) is 63.3 Å². The normalized spacial score (nSPS) is 11.3.